The molecule has 2 amide bonds. The zero-order chi connectivity index (χ0) is 21.2. The zero-order valence-electron chi connectivity index (χ0n) is 16.8. The van der Waals surface area contributed by atoms with Gasteiger partial charge in [-0.3, -0.25) is 14.5 Å². The van der Waals surface area contributed by atoms with Crippen LogP contribution in [0.25, 0.3) is 0 Å². The summed E-state index contributed by atoms with van der Waals surface area (Å²) in [5, 5.41) is 2.61. The minimum atomic E-state index is -3.60. The van der Waals surface area contributed by atoms with E-state index in [2.05, 4.69) is 5.32 Å². The summed E-state index contributed by atoms with van der Waals surface area (Å²) in [5.41, 5.74) is 1.95. The molecule has 0 spiro atoms. The molecule has 0 aromatic heterocycles. The Balaban J connectivity index is 1.94. The van der Waals surface area contributed by atoms with Crippen molar-refractivity contribution in [1.82, 2.24) is 9.62 Å². The van der Waals surface area contributed by atoms with Crippen LogP contribution in [0.3, 0.4) is 0 Å². The maximum absolute atomic E-state index is 13.2. The van der Waals surface area contributed by atoms with Crippen molar-refractivity contribution in [2.75, 3.05) is 25.0 Å². The fraction of sp³-hybridized carbons (Fsp3) is 0.333. The number of carbonyl (C=O) groups is 2. The van der Waals surface area contributed by atoms with Crippen molar-refractivity contribution in [3.05, 3.63) is 59.7 Å². The van der Waals surface area contributed by atoms with E-state index in [-0.39, 0.29) is 16.7 Å². The lowest BCUT2D eigenvalue weighted by molar-refractivity contribution is -0.121. The van der Waals surface area contributed by atoms with E-state index in [4.69, 9.17) is 0 Å². The molecule has 0 fully saturated rings. The maximum atomic E-state index is 13.2. The Hall–Kier alpha value is -2.71. The Morgan fingerprint density at radius 2 is 1.69 bits per heavy atom. The van der Waals surface area contributed by atoms with Crippen LogP contribution in [-0.2, 0) is 21.2 Å². The van der Waals surface area contributed by atoms with Crippen LogP contribution in [0.15, 0.2) is 53.4 Å². The van der Waals surface area contributed by atoms with Gasteiger partial charge < -0.3 is 5.32 Å². The number of nitrogens with zero attached hydrogens (tertiary/aromatic N) is 2. The predicted octanol–water partition coefficient (Wildman–Crippen LogP) is 2.03. The summed E-state index contributed by atoms with van der Waals surface area (Å²) in [4.78, 5) is 27.2. The van der Waals surface area contributed by atoms with E-state index in [0.29, 0.717) is 30.8 Å². The highest BCUT2D eigenvalue weighted by Crippen LogP contribution is 2.33. The first-order chi connectivity index (χ1) is 13.8. The number of nitrogens with one attached hydrogen (secondary N) is 1. The first-order valence-corrected chi connectivity index (χ1v) is 11.0. The number of hydrogen-bond donors (Lipinski definition) is 1. The topological polar surface area (TPSA) is 86.8 Å². The van der Waals surface area contributed by atoms with Crippen molar-refractivity contribution in [2.24, 2.45) is 0 Å². The third-order valence-electron chi connectivity index (χ3n) is 5.19. The van der Waals surface area contributed by atoms with Gasteiger partial charge in [-0.05, 0) is 35.9 Å². The van der Waals surface area contributed by atoms with Crippen molar-refractivity contribution in [3.8, 4) is 0 Å². The lowest BCUT2D eigenvalue weighted by Gasteiger charge is -2.24. The Labute approximate surface area is 171 Å². The summed E-state index contributed by atoms with van der Waals surface area (Å²) < 4.78 is 26.7. The lowest BCUT2D eigenvalue weighted by atomic mass is 10.1. The number of likely N-dealkylation sites (N-methyl/N-ethyl adjacent to an activating group) is 1. The van der Waals surface area contributed by atoms with Crippen LogP contribution in [0.2, 0.25) is 0 Å². The second kappa shape index (κ2) is 8.34. The van der Waals surface area contributed by atoms with Crippen LogP contribution in [0.1, 0.15) is 29.8 Å². The Bertz CT molecular complexity index is 1010. The zero-order valence-corrected chi connectivity index (χ0v) is 17.6. The number of carbonyl (C=O) groups excluding carboxylic acids is 2. The van der Waals surface area contributed by atoms with Crippen molar-refractivity contribution in [1.29, 1.82) is 0 Å². The van der Waals surface area contributed by atoms with Gasteiger partial charge in [-0.25, -0.2) is 8.42 Å². The van der Waals surface area contributed by atoms with Gasteiger partial charge in [0, 0.05) is 37.8 Å². The number of fused-ring (bicyclic) bond motifs is 1. The van der Waals surface area contributed by atoms with Crippen LogP contribution in [0.4, 0.5) is 5.69 Å². The summed E-state index contributed by atoms with van der Waals surface area (Å²) in [5.74, 6) is -0.578. The molecule has 0 bridgehead atoms. The van der Waals surface area contributed by atoms with E-state index in [1.165, 1.54) is 33.5 Å². The second-order valence-electron chi connectivity index (χ2n) is 6.75. The van der Waals surface area contributed by atoms with Crippen LogP contribution >= 0.6 is 0 Å². The van der Waals surface area contributed by atoms with Gasteiger partial charge in [0.1, 0.15) is 6.04 Å². The first kappa shape index (κ1) is 21.0. The first-order valence-electron chi connectivity index (χ1n) is 9.58. The molecule has 0 saturated carbocycles. The molecule has 1 atom stereocenters. The van der Waals surface area contributed by atoms with Crippen molar-refractivity contribution in [3.63, 3.8) is 0 Å². The standard InChI is InChI=1S/C21H25N3O4S/c1-4-23(5-2)29(27,28)17-12-10-15(11-13-17)21(26)24-18-9-7-6-8-16(18)14-19(24)20(25)22-3/h6-13,19H,4-5,14H2,1-3H3,(H,22,25)/t19-/m0/s1. The Morgan fingerprint density at radius 1 is 1.07 bits per heavy atom. The molecule has 1 aliphatic rings. The van der Waals surface area contributed by atoms with Gasteiger partial charge in [-0.15, -0.1) is 0 Å². The fourth-order valence-corrected chi connectivity index (χ4v) is 5.09. The highest BCUT2D eigenvalue weighted by molar-refractivity contribution is 7.89. The lowest BCUT2D eigenvalue weighted by Crippen LogP contribution is -2.47. The number of benzene rings is 2. The third kappa shape index (κ3) is 3.77. The summed E-state index contributed by atoms with van der Waals surface area (Å²) in [7, 11) is -2.05. The quantitative estimate of drug-likeness (QED) is 0.782. The number of amides is 2. The third-order valence-corrected chi connectivity index (χ3v) is 7.25. The van der Waals surface area contributed by atoms with Crippen molar-refractivity contribution < 1.29 is 18.0 Å². The van der Waals surface area contributed by atoms with Crippen molar-refractivity contribution in [2.45, 2.75) is 31.2 Å². The number of anilines is 1. The largest absolute Gasteiger partial charge is 0.357 e. The highest BCUT2D eigenvalue weighted by atomic mass is 32.2. The van der Waals surface area contributed by atoms with Gasteiger partial charge in [-0.1, -0.05) is 32.0 Å². The molecule has 0 unspecified atom stereocenters. The molecule has 7 nitrogen and oxygen atoms in total. The van der Waals surface area contributed by atoms with Gasteiger partial charge in [0.25, 0.3) is 5.91 Å². The summed E-state index contributed by atoms with van der Waals surface area (Å²) in [6.45, 7) is 4.31. The minimum Gasteiger partial charge on any atom is -0.357 e. The van der Waals surface area contributed by atoms with Gasteiger partial charge in [0.15, 0.2) is 0 Å². The smallest absolute Gasteiger partial charge is 0.259 e. The molecule has 1 aliphatic heterocycles. The number of sulfonamides is 1. The SMILES string of the molecule is CCN(CC)S(=O)(=O)c1ccc(C(=O)N2c3ccccc3C[C@H]2C(=O)NC)cc1. The van der Waals surface area contributed by atoms with E-state index >= 15 is 0 Å². The fourth-order valence-electron chi connectivity index (χ4n) is 3.63. The van der Waals surface area contributed by atoms with Crippen LogP contribution in [0.5, 0.6) is 0 Å². The molecular formula is C21H25N3O4S. The molecule has 8 heteroatoms. The molecule has 2 aromatic rings. The van der Waals surface area contributed by atoms with E-state index in [1.807, 2.05) is 24.3 Å². The van der Waals surface area contributed by atoms with E-state index < -0.39 is 16.1 Å². The Morgan fingerprint density at radius 3 is 2.28 bits per heavy atom. The predicted molar refractivity (Wildman–Crippen MR) is 111 cm³/mol. The van der Waals surface area contributed by atoms with E-state index in [9.17, 15) is 18.0 Å². The second-order valence-corrected chi connectivity index (χ2v) is 8.69. The summed E-state index contributed by atoms with van der Waals surface area (Å²) in [6, 6.07) is 12.7. The molecule has 1 N–H and O–H groups in total. The number of hydrogen-bond acceptors (Lipinski definition) is 4. The van der Waals surface area contributed by atoms with Crippen LogP contribution in [-0.4, -0.2) is 50.7 Å². The number of rotatable bonds is 6. The normalized spacial score (nSPS) is 16.0. The minimum absolute atomic E-state index is 0.141. The van der Waals surface area contributed by atoms with Crippen LogP contribution < -0.4 is 10.2 Å². The molecule has 154 valence electrons. The summed E-state index contributed by atoms with van der Waals surface area (Å²) in [6.07, 6.45) is 0.440. The van der Waals surface area contributed by atoms with Gasteiger partial charge in [0.05, 0.1) is 4.90 Å². The van der Waals surface area contributed by atoms with E-state index in [1.54, 1.807) is 20.9 Å². The molecule has 3 rings (SSSR count). The molecule has 29 heavy (non-hydrogen) atoms. The molecule has 1 heterocycles. The average Bonchev–Trinajstić information content (AvgIpc) is 3.13. The maximum Gasteiger partial charge on any atom is 0.259 e. The molecule has 0 aliphatic carbocycles. The van der Waals surface area contributed by atoms with Gasteiger partial charge >= 0.3 is 0 Å². The van der Waals surface area contributed by atoms with E-state index in [0.717, 1.165) is 5.56 Å². The number of para-hydroxylation sites is 1. The molecular weight excluding hydrogens is 390 g/mol. The molecule has 2 aromatic carbocycles. The van der Waals surface area contributed by atoms with Gasteiger partial charge in [0.2, 0.25) is 15.9 Å². The highest BCUT2D eigenvalue weighted by Gasteiger charge is 2.38. The molecule has 0 radical (unpaired) electrons. The average molecular weight is 416 g/mol. The summed E-state index contributed by atoms with van der Waals surface area (Å²) >= 11 is 0. The monoisotopic (exact) mass is 415 g/mol. The molecule has 0 saturated heterocycles. The van der Waals surface area contributed by atoms with Gasteiger partial charge in [-0.2, -0.15) is 4.31 Å². The van der Waals surface area contributed by atoms with Crippen molar-refractivity contribution >= 4 is 27.5 Å². The van der Waals surface area contributed by atoms with Crippen LogP contribution in [0, 0.1) is 0 Å². The Kier molecular flexibility index (Phi) is 6.04.